The van der Waals surface area contributed by atoms with Crippen molar-refractivity contribution in [2.45, 2.75) is 26.8 Å². The molecule has 2 N–H and O–H groups in total. The molecule has 1 aromatic rings. The maximum absolute atomic E-state index is 13.5. The number of rotatable bonds is 5. The van der Waals surface area contributed by atoms with Gasteiger partial charge in [-0.2, -0.15) is 0 Å². The molecule has 0 aromatic heterocycles. The van der Waals surface area contributed by atoms with E-state index in [1.165, 1.54) is 17.0 Å². The average molecular weight is 270 g/mol. The smallest absolute Gasteiger partial charge is 0.229 e. The second kappa shape index (κ2) is 6.10. The van der Waals surface area contributed by atoms with Crippen molar-refractivity contribution in [3.63, 3.8) is 0 Å². The highest BCUT2D eigenvalue weighted by Crippen LogP contribution is 2.23. The Labute approximate surface area is 112 Å². The predicted octanol–water partition coefficient (Wildman–Crippen LogP) is 2.30. The molecule has 0 fully saturated rings. The third kappa shape index (κ3) is 3.50. The highest BCUT2D eigenvalue weighted by atomic mass is 19.1. The Hall–Kier alpha value is -1.49. The first-order valence-electron chi connectivity index (χ1n) is 6.23. The highest BCUT2D eigenvalue weighted by Gasteiger charge is 2.32. The average Bonchev–Trinajstić information content (AvgIpc) is 2.40. The fraction of sp³-hybridized carbons (Fsp3) is 0.500. The van der Waals surface area contributed by atoms with Gasteiger partial charge in [0.25, 0.3) is 0 Å². The molecule has 1 amide bonds. The van der Waals surface area contributed by atoms with Crippen LogP contribution in [0.5, 0.6) is 0 Å². The van der Waals surface area contributed by atoms with Crippen LogP contribution in [0.2, 0.25) is 0 Å². The third-order valence-electron chi connectivity index (χ3n) is 3.52. The summed E-state index contributed by atoms with van der Waals surface area (Å²) in [5.74, 6) is -1.41. The summed E-state index contributed by atoms with van der Waals surface area (Å²) in [6, 6.07) is 3.34. The van der Waals surface area contributed by atoms with E-state index in [9.17, 15) is 13.6 Å². The summed E-state index contributed by atoms with van der Waals surface area (Å²) >= 11 is 0. The molecule has 1 atom stereocenters. The minimum atomic E-state index is -0.648. The molecule has 1 unspecified atom stereocenters. The van der Waals surface area contributed by atoms with Crippen LogP contribution in [0.1, 0.15) is 25.8 Å². The zero-order valence-corrected chi connectivity index (χ0v) is 11.5. The predicted molar refractivity (Wildman–Crippen MR) is 70.3 cm³/mol. The summed E-state index contributed by atoms with van der Waals surface area (Å²) in [4.78, 5) is 13.7. The Morgan fingerprint density at radius 1 is 1.42 bits per heavy atom. The molecule has 1 rings (SSSR count). The number of nitrogens with two attached hydrogens (primary N) is 1. The van der Waals surface area contributed by atoms with E-state index in [-0.39, 0.29) is 24.6 Å². The second-order valence-electron chi connectivity index (χ2n) is 5.02. The molecule has 5 heteroatoms. The zero-order chi connectivity index (χ0) is 14.6. The molecule has 19 heavy (non-hydrogen) atoms. The summed E-state index contributed by atoms with van der Waals surface area (Å²) in [5, 5.41) is 0. The van der Waals surface area contributed by atoms with E-state index in [0.29, 0.717) is 6.42 Å². The van der Waals surface area contributed by atoms with Crippen molar-refractivity contribution in [2.75, 3.05) is 13.6 Å². The fourth-order valence-electron chi connectivity index (χ4n) is 1.82. The first-order valence-corrected chi connectivity index (χ1v) is 6.23. The highest BCUT2D eigenvalue weighted by molar-refractivity contribution is 5.82. The van der Waals surface area contributed by atoms with E-state index in [4.69, 9.17) is 5.73 Å². The Morgan fingerprint density at radius 3 is 2.53 bits per heavy atom. The number of hydrogen-bond acceptors (Lipinski definition) is 2. The second-order valence-corrected chi connectivity index (χ2v) is 5.02. The minimum absolute atomic E-state index is 0.0978. The van der Waals surface area contributed by atoms with E-state index in [2.05, 4.69) is 0 Å². The lowest BCUT2D eigenvalue weighted by atomic mass is 9.86. The number of hydrogen-bond donors (Lipinski definition) is 1. The fourth-order valence-corrected chi connectivity index (χ4v) is 1.82. The summed E-state index contributed by atoms with van der Waals surface area (Å²) in [6.07, 6.45) is 0.610. The molecule has 0 radical (unpaired) electrons. The lowest BCUT2D eigenvalue weighted by Crippen LogP contribution is -2.44. The monoisotopic (exact) mass is 270 g/mol. The molecule has 0 aliphatic heterocycles. The van der Waals surface area contributed by atoms with Crippen LogP contribution in [0.25, 0.3) is 0 Å². The number of nitrogens with zero attached hydrogens (tertiary/aromatic N) is 1. The number of halogens is 2. The molecule has 0 spiro atoms. The van der Waals surface area contributed by atoms with Gasteiger partial charge < -0.3 is 10.6 Å². The van der Waals surface area contributed by atoms with Crippen LogP contribution in [-0.4, -0.2) is 24.4 Å². The molecule has 0 saturated heterocycles. The summed E-state index contributed by atoms with van der Waals surface area (Å²) in [6.45, 7) is 4.00. The van der Waals surface area contributed by atoms with Crippen LogP contribution in [0.15, 0.2) is 18.2 Å². The van der Waals surface area contributed by atoms with Gasteiger partial charge in [-0.1, -0.05) is 13.0 Å². The summed E-state index contributed by atoms with van der Waals surface area (Å²) < 4.78 is 26.3. The van der Waals surface area contributed by atoms with Crippen molar-refractivity contribution >= 4 is 5.91 Å². The first-order chi connectivity index (χ1) is 8.84. The summed E-state index contributed by atoms with van der Waals surface area (Å²) in [5.41, 5.74) is 5.27. The quantitative estimate of drug-likeness (QED) is 0.892. The molecule has 0 saturated carbocycles. The third-order valence-corrected chi connectivity index (χ3v) is 3.52. The number of carbonyl (C=O) groups excluding carboxylic acids is 1. The van der Waals surface area contributed by atoms with E-state index < -0.39 is 17.0 Å². The van der Waals surface area contributed by atoms with E-state index >= 15 is 0 Å². The maximum atomic E-state index is 13.5. The van der Waals surface area contributed by atoms with Gasteiger partial charge in [0.1, 0.15) is 11.6 Å². The van der Waals surface area contributed by atoms with Crippen molar-refractivity contribution in [1.82, 2.24) is 4.90 Å². The molecule has 0 bridgehead atoms. The van der Waals surface area contributed by atoms with Gasteiger partial charge in [0.2, 0.25) is 5.91 Å². The standard InChI is InChI=1S/C14H20F2N2O/c1-4-14(2,9-17)13(19)18(3)8-10-5-6-11(15)7-12(10)16/h5-7H,4,8-9,17H2,1-3H3. The normalized spacial score (nSPS) is 14.0. The molecule has 3 nitrogen and oxygen atoms in total. The summed E-state index contributed by atoms with van der Waals surface area (Å²) in [7, 11) is 1.59. The SMILES string of the molecule is CCC(C)(CN)C(=O)N(C)Cc1ccc(F)cc1F. The Balaban J connectivity index is 2.85. The maximum Gasteiger partial charge on any atom is 0.229 e. The topological polar surface area (TPSA) is 46.3 Å². The zero-order valence-electron chi connectivity index (χ0n) is 11.5. The van der Waals surface area contributed by atoms with Gasteiger partial charge in [-0.3, -0.25) is 4.79 Å². The molecular weight excluding hydrogens is 250 g/mol. The first kappa shape index (κ1) is 15.6. The Bertz CT molecular complexity index is 459. The van der Waals surface area contributed by atoms with E-state index in [1.807, 2.05) is 6.92 Å². The molecule has 0 aliphatic carbocycles. The number of amides is 1. The van der Waals surface area contributed by atoms with Crippen molar-refractivity contribution in [1.29, 1.82) is 0 Å². The van der Waals surface area contributed by atoms with Crippen molar-refractivity contribution in [3.8, 4) is 0 Å². The molecule has 0 aliphatic rings. The van der Waals surface area contributed by atoms with Crippen LogP contribution in [0.4, 0.5) is 8.78 Å². The van der Waals surface area contributed by atoms with Gasteiger partial charge in [-0.25, -0.2) is 8.78 Å². The number of carbonyl (C=O) groups is 1. The molecular formula is C14H20F2N2O. The van der Waals surface area contributed by atoms with Crippen molar-refractivity contribution < 1.29 is 13.6 Å². The molecule has 1 aromatic carbocycles. The van der Waals surface area contributed by atoms with Crippen LogP contribution in [-0.2, 0) is 11.3 Å². The molecule has 106 valence electrons. The van der Waals surface area contributed by atoms with Crippen molar-refractivity contribution in [3.05, 3.63) is 35.4 Å². The van der Waals surface area contributed by atoms with Gasteiger partial charge >= 0.3 is 0 Å². The van der Waals surface area contributed by atoms with Crippen molar-refractivity contribution in [2.24, 2.45) is 11.1 Å². The van der Waals surface area contributed by atoms with Gasteiger partial charge in [-0.05, 0) is 19.4 Å². The Morgan fingerprint density at radius 2 is 2.05 bits per heavy atom. The van der Waals surface area contributed by atoms with E-state index in [0.717, 1.165) is 6.07 Å². The van der Waals surface area contributed by atoms with Gasteiger partial charge in [-0.15, -0.1) is 0 Å². The van der Waals surface area contributed by atoms with Crippen LogP contribution >= 0.6 is 0 Å². The van der Waals surface area contributed by atoms with Crippen LogP contribution in [0, 0.1) is 17.0 Å². The lowest BCUT2D eigenvalue weighted by Gasteiger charge is -2.30. The number of benzene rings is 1. The van der Waals surface area contributed by atoms with Crippen LogP contribution < -0.4 is 5.73 Å². The van der Waals surface area contributed by atoms with E-state index in [1.54, 1.807) is 14.0 Å². The molecule has 0 heterocycles. The Kier molecular flexibility index (Phi) is 5.00. The minimum Gasteiger partial charge on any atom is -0.341 e. The largest absolute Gasteiger partial charge is 0.341 e. The van der Waals surface area contributed by atoms with Gasteiger partial charge in [0, 0.05) is 31.8 Å². The van der Waals surface area contributed by atoms with Gasteiger partial charge in [0.05, 0.1) is 5.41 Å². The van der Waals surface area contributed by atoms with Gasteiger partial charge in [0.15, 0.2) is 0 Å². The lowest BCUT2D eigenvalue weighted by molar-refractivity contribution is -0.140. The van der Waals surface area contributed by atoms with Crippen LogP contribution in [0.3, 0.4) is 0 Å².